The molecule has 2 aromatic rings. The fraction of sp³-hybridized carbons (Fsp3) is 0.0714. The monoisotopic (exact) mass is 450 g/mol. The van der Waals surface area contributed by atoms with Crippen molar-refractivity contribution in [1.29, 1.82) is 0 Å². The van der Waals surface area contributed by atoms with Gasteiger partial charge in [-0.3, -0.25) is 4.79 Å². The molecular formula is C14H10Br2Cl2N2O. The van der Waals surface area contributed by atoms with Crippen LogP contribution in [0.3, 0.4) is 0 Å². The molecule has 0 spiro atoms. The standard InChI is InChI=1S/C14H10Br2Cl2N2O/c1-6-2-8(15)13(9(16)3-6)20-14(21)7-4-10(17)12(18)11(19)5-7/h2-5H,19H2,1H3,(H,20,21). The van der Waals surface area contributed by atoms with Gasteiger partial charge in [-0.15, -0.1) is 0 Å². The molecule has 0 atom stereocenters. The molecule has 0 aromatic heterocycles. The molecule has 0 aliphatic carbocycles. The van der Waals surface area contributed by atoms with E-state index in [-0.39, 0.29) is 21.6 Å². The summed E-state index contributed by atoms with van der Waals surface area (Å²) in [5.74, 6) is -0.328. The van der Waals surface area contributed by atoms with Gasteiger partial charge in [0.05, 0.1) is 21.4 Å². The molecule has 2 rings (SSSR count). The lowest BCUT2D eigenvalue weighted by molar-refractivity contribution is 0.102. The fourth-order valence-electron chi connectivity index (χ4n) is 1.75. The Balaban J connectivity index is 2.35. The zero-order valence-corrected chi connectivity index (χ0v) is 15.5. The summed E-state index contributed by atoms with van der Waals surface area (Å²) >= 11 is 18.7. The molecule has 3 N–H and O–H groups in total. The highest BCUT2D eigenvalue weighted by Gasteiger charge is 2.14. The molecule has 110 valence electrons. The quantitative estimate of drug-likeness (QED) is 0.577. The summed E-state index contributed by atoms with van der Waals surface area (Å²) in [5, 5.41) is 3.29. The number of hydrogen-bond donors (Lipinski definition) is 2. The average Bonchev–Trinajstić information content (AvgIpc) is 2.39. The number of carbonyl (C=O) groups excluding carboxylic acids is 1. The minimum Gasteiger partial charge on any atom is -0.397 e. The maximum atomic E-state index is 12.3. The molecule has 0 aliphatic heterocycles. The third-order valence-corrected chi connectivity index (χ3v) is 4.81. The molecule has 7 heteroatoms. The minimum atomic E-state index is -0.328. The van der Waals surface area contributed by atoms with E-state index in [1.165, 1.54) is 12.1 Å². The van der Waals surface area contributed by atoms with Crippen molar-refractivity contribution in [3.8, 4) is 0 Å². The number of benzene rings is 2. The Hall–Kier alpha value is -0.750. The van der Waals surface area contributed by atoms with Crippen LogP contribution < -0.4 is 11.1 Å². The van der Waals surface area contributed by atoms with Crippen molar-refractivity contribution in [3.63, 3.8) is 0 Å². The van der Waals surface area contributed by atoms with Crippen LogP contribution in [0.5, 0.6) is 0 Å². The summed E-state index contributed by atoms with van der Waals surface area (Å²) in [6.07, 6.45) is 0. The Morgan fingerprint density at radius 1 is 1.14 bits per heavy atom. The van der Waals surface area contributed by atoms with E-state index >= 15 is 0 Å². The van der Waals surface area contributed by atoms with E-state index in [2.05, 4.69) is 37.2 Å². The van der Waals surface area contributed by atoms with Crippen molar-refractivity contribution in [2.45, 2.75) is 6.92 Å². The number of halogens is 4. The van der Waals surface area contributed by atoms with Gasteiger partial charge in [0.15, 0.2) is 0 Å². The second-order valence-electron chi connectivity index (χ2n) is 4.42. The normalized spacial score (nSPS) is 10.5. The van der Waals surface area contributed by atoms with Crippen LogP contribution in [0.15, 0.2) is 33.2 Å². The van der Waals surface area contributed by atoms with Crippen LogP contribution in [0, 0.1) is 6.92 Å². The summed E-state index contributed by atoms with van der Waals surface area (Å²) in [5.41, 5.74) is 8.01. The molecule has 0 radical (unpaired) electrons. The number of aryl methyl sites for hydroxylation is 1. The van der Waals surface area contributed by atoms with E-state index in [1.807, 2.05) is 19.1 Å². The molecular weight excluding hydrogens is 443 g/mol. The van der Waals surface area contributed by atoms with Crippen LogP contribution >= 0.6 is 55.1 Å². The maximum Gasteiger partial charge on any atom is 0.255 e. The zero-order valence-electron chi connectivity index (χ0n) is 10.8. The molecule has 0 unspecified atom stereocenters. The number of amides is 1. The molecule has 0 saturated heterocycles. The summed E-state index contributed by atoms with van der Waals surface area (Å²) in [6, 6.07) is 6.78. The van der Waals surface area contributed by atoms with Gasteiger partial charge in [-0.1, -0.05) is 23.2 Å². The van der Waals surface area contributed by atoms with E-state index in [9.17, 15) is 4.79 Å². The van der Waals surface area contributed by atoms with Gasteiger partial charge in [0.2, 0.25) is 0 Å². The molecule has 2 aromatic carbocycles. The Morgan fingerprint density at radius 3 is 2.24 bits per heavy atom. The average molecular weight is 453 g/mol. The number of nitrogens with one attached hydrogen (secondary N) is 1. The second-order valence-corrected chi connectivity index (χ2v) is 6.91. The number of rotatable bonds is 2. The topological polar surface area (TPSA) is 55.1 Å². The van der Waals surface area contributed by atoms with Crippen molar-refractivity contribution >= 4 is 72.3 Å². The molecule has 3 nitrogen and oxygen atoms in total. The summed E-state index contributed by atoms with van der Waals surface area (Å²) in [6.45, 7) is 1.96. The van der Waals surface area contributed by atoms with E-state index in [0.717, 1.165) is 14.5 Å². The molecule has 0 saturated carbocycles. The number of nitrogen functional groups attached to an aromatic ring is 1. The first kappa shape index (κ1) is 16.6. The Labute approximate surface area is 149 Å². The van der Waals surface area contributed by atoms with Gasteiger partial charge >= 0.3 is 0 Å². The Bertz CT molecular complexity index is 689. The van der Waals surface area contributed by atoms with E-state index < -0.39 is 0 Å². The van der Waals surface area contributed by atoms with E-state index in [1.54, 1.807) is 0 Å². The smallest absolute Gasteiger partial charge is 0.255 e. The first-order chi connectivity index (χ1) is 9.79. The molecule has 0 aliphatic rings. The van der Waals surface area contributed by atoms with Gasteiger partial charge in [0, 0.05) is 14.5 Å². The maximum absolute atomic E-state index is 12.3. The number of nitrogens with two attached hydrogens (primary N) is 1. The molecule has 0 bridgehead atoms. The van der Waals surface area contributed by atoms with Gasteiger partial charge in [-0.25, -0.2) is 0 Å². The van der Waals surface area contributed by atoms with Crippen LogP contribution in [0.25, 0.3) is 0 Å². The lowest BCUT2D eigenvalue weighted by Crippen LogP contribution is -2.13. The molecule has 0 heterocycles. The third kappa shape index (κ3) is 3.72. The first-order valence-corrected chi connectivity index (χ1v) is 8.15. The number of hydrogen-bond acceptors (Lipinski definition) is 2. The number of carbonyl (C=O) groups is 1. The zero-order chi connectivity index (χ0) is 15.7. The minimum absolute atomic E-state index is 0.240. The van der Waals surface area contributed by atoms with Gasteiger partial charge < -0.3 is 11.1 Å². The van der Waals surface area contributed by atoms with Crippen LogP contribution in [0.1, 0.15) is 15.9 Å². The predicted octanol–water partition coefficient (Wildman–Crippen LogP) is 5.66. The Kier molecular flexibility index (Phi) is 5.20. The molecule has 21 heavy (non-hydrogen) atoms. The van der Waals surface area contributed by atoms with Crippen LogP contribution in [-0.2, 0) is 0 Å². The van der Waals surface area contributed by atoms with Crippen molar-refractivity contribution in [3.05, 3.63) is 54.4 Å². The first-order valence-electron chi connectivity index (χ1n) is 5.81. The Morgan fingerprint density at radius 2 is 1.71 bits per heavy atom. The van der Waals surface area contributed by atoms with Crippen LogP contribution in [0.2, 0.25) is 10.0 Å². The van der Waals surface area contributed by atoms with Gasteiger partial charge in [-0.2, -0.15) is 0 Å². The lowest BCUT2D eigenvalue weighted by Gasteiger charge is -2.12. The van der Waals surface area contributed by atoms with Crippen molar-refractivity contribution < 1.29 is 4.79 Å². The second kappa shape index (κ2) is 6.57. The summed E-state index contributed by atoms with van der Waals surface area (Å²) < 4.78 is 1.55. The van der Waals surface area contributed by atoms with Gasteiger partial charge in [0.25, 0.3) is 5.91 Å². The van der Waals surface area contributed by atoms with E-state index in [4.69, 9.17) is 28.9 Å². The predicted molar refractivity (Wildman–Crippen MR) is 95.4 cm³/mol. The van der Waals surface area contributed by atoms with Crippen LogP contribution in [-0.4, -0.2) is 5.91 Å². The van der Waals surface area contributed by atoms with Crippen molar-refractivity contribution in [2.24, 2.45) is 0 Å². The largest absolute Gasteiger partial charge is 0.397 e. The molecule has 1 amide bonds. The van der Waals surface area contributed by atoms with E-state index in [0.29, 0.717) is 11.3 Å². The van der Waals surface area contributed by atoms with Crippen LogP contribution in [0.4, 0.5) is 11.4 Å². The summed E-state index contributed by atoms with van der Waals surface area (Å²) in [4.78, 5) is 12.3. The SMILES string of the molecule is Cc1cc(Br)c(NC(=O)c2cc(N)c(Cl)c(Cl)c2)c(Br)c1. The highest BCUT2D eigenvalue weighted by molar-refractivity contribution is 9.11. The fourth-order valence-corrected chi connectivity index (χ4v) is 3.70. The van der Waals surface area contributed by atoms with Crippen molar-refractivity contribution in [2.75, 3.05) is 11.1 Å². The third-order valence-electron chi connectivity index (χ3n) is 2.74. The van der Waals surface area contributed by atoms with Crippen molar-refractivity contribution in [1.82, 2.24) is 0 Å². The molecule has 0 fully saturated rings. The highest BCUT2D eigenvalue weighted by Crippen LogP contribution is 2.34. The van der Waals surface area contributed by atoms with Gasteiger partial charge in [-0.05, 0) is 68.6 Å². The van der Waals surface area contributed by atoms with Gasteiger partial charge in [0.1, 0.15) is 0 Å². The number of anilines is 2. The summed E-state index contributed by atoms with van der Waals surface area (Å²) in [7, 11) is 0. The highest BCUT2D eigenvalue weighted by atomic mass is 79.9. The lowest BCUT2D eigenvalue weighted by atomic mass is 10.1.